The maximum absolute atomic E-state index is 13.4. The number of ether oxygens (including phenoxy) is 1. The fraction of sp³-hybridized carbons (Fsp3) is 0.286. The molecule has 1 fully saturated rings. The van der Waals surface area contributed by atoms with Crippen LogP contribution in [-0.4, -0.2) is 42.0 Å². The van der Waals surface area contributed by atoms with Gasteiger partial charge in [0, 0.05) is 18.3 Å². The molecule has 174 valence electrons. The lowest BCUT2D eigenvalue weighted by molar-refractivity contribution is 0.102. The number of hydrogen-bond acceptors (Lipinski definition) is 7. The molecule has 1 N–H and O–H groups in total. The fourth-order valence-electron chi connectivity index (χ4n) is 3.50. The lowest BCUT2D eigenvalue weighted by Gasteiger charge is -2.22. The van der Waals surface area contributed by atoms with Crippen molar-refractivity contribution >= 4 is 33.0 Å². The Morgan fingerprint density at radius 2 is 1.94 bits per heavy atom. The third-order valence-electron chi connectivity index (χ3n) is 5.04. The van der Waals surface area contributed by atoms with Crippen LogP contribution in [0.15, 0.2) is 47.4 Å². The number of halogens is 2. The number of anilines is 1. The molecule has 4 rings (SSSR count). The van der Waals surface area contributed by atoms with Gasteiger partial charge < -0.3 is 10.1 Å². The number of sulfonamides is 1. The van der Waals surface area contributed by atoms with Gasteiger partial charge in [-0.25, -0.2) is 17.2 Å². The van der Waals surface area contributed by atoms with Gasteiger partial charge in [0.05, 0.1) is 17.5 Å². The number of rotatable bonds is 7. The minimum atomic E-state index is -3.80. The van der Waals surface area contributed by atoms with Crippen LogP contribution < -0.4 is 10.1 Å². The van der Waals surface area contributed by atoms with E-state index in [1.165, 1.54) is 22.5 Å². The fourth-order valence-corrected chi connectivity index (χ4v) is 6.12. The summed E-state index contributed by atoms with van der Waals surface area (Å²) in [5.41, 5.74) is 0.0659. The van der Waals surface area contributed by atoms with Crippen LogP contribution in [-0.2, 0) is 10.0 Å². The summed E-state index contributed by atoms with van der Waals surface area (Å²) in [6.45, 7) is 2.63. The molecular weight excluding hydrogens is 474 g/mol. The molecule has 0 saturated carbocycles. The van der Waals surface area contributed by atoms with Crippen LogP contribution in [0.3, 0.4) is 0 Å². The average Bonchev–Trinajstić information content (AvgIpc) is 3.47. The van der Waals surface area contributed by atoms with Crippen LogP contribution >= 0.6 is 11.3 Å². The monoisotopic (exact) mass is 494 g/mol. The number of carbonyl (C=O) groups excluding carboxylic acids is 1. The highest BCUT2D eigenvalue weighted by atomic mass is 32.2. The van der Waals surface area contributed by atoms with Gasteiger partial charge >= 0.3 is 0 Å². The molecule has 0 radical (unpaired) electrons. The Balaban J connectivity index is 1.51. The summed E-state index contributed by atoms with van der Waals surface area (Å²) >= 11 is 0.961. The van der Waals surface area contributed by atoms with Crippen LogP contribution in [0.4, 0.5) is 14.5 Å². The minimum Gasteiger partial charge on any atom is -0.494 e. The Hall–Kier alpha value is -2.96. The van der Waals surface area contributed by atoms with Crippen molar-refractivity contribution in [2.45, 2.75) is 30.7 Å². The van der Waals surface area contributed by atoms with Crippen LogP contribution in [0.1, 0.15) is 40.6 Å². The third kappa shape index (κ3) is 4.87. The van der Waals surface area contributed by atoms with Crippen LogP contribution in [0.5, 0.6) is 5.75 Å². The normalized spacial score (nSPS) is 16.6. The smallest absolute Gasteiger partial charge is 0.286 e. The Morgan fingerprint density at radius 1 is 1.18 bits per heavy atom. The van der Waals surface area contributed by atoms with Gasteiger partial charge in [0.15, 0.2) is 11.6 Å². The number of nitrogens with one attached hydrogen (secondary N) is 1. The van der Waals surface area contributed by atoms with Gasteiger partial charge in [-0.2, -0.15) is 4.31 Å². The number of amides is 1. The van der Waals surface area contributed by atoms with Crippen molar-refractivity contribution in [1.82, 2.24) is 14.5 Å². The van der Waals surface area contributed by atoms with E-state index in [1.807, 2.05) is 6.92 Å². The maximum atomic E-state index is 13.4. The van der Waals surface area contributed by atoms with E-state index in [-0.39, 0.29) is 15.6 Å². The van der Waals surface area contributed by atoms with Gasteiger partial charge in [-0.05, 0) is 56.2 Å². The summed E-state index contributed by atoms with van der Waals surface area (Å²) in [5, 5.41) is 10.7. The van der Waals surface area contributed by atoms with E-state index in [1.54, 1.807) is 12.1 Å². The maximum Gasteiger partial charge on any atom is 0.286 e. The molecule has 3 aromatic rings. The van der Waals surface area contributed by atoms with Gasteiger partial charge in [-0.1, -0.05) is 11.3 Å². The molecule has 1 atom stereocenters. The first kappa shape index (κ1) is 23.2. The predicted octanol–water partition coefficient (Wildman–Crippen LogP) is 3.99. The lowest BCUT2D eigenvalue weighted by atomic mass is 10.2. The molecule has 0 bridgehead atoms. The summed E-state index contributed by atoms with van der Waals surface area (Å²) in [7, 11) is -3.80. The third-order valence-corrected chi connectivity index (χ3v) is 7.99. The predicted molar refractivity (Wildman–Crippen MR) is 118 cm³/mol. The van der Waals surface area contributed by atoms with Crippen molar-refractivity contribution in [2.75, 3.05) is 18.5 Å². The molecule has 12 heteroatoms. The molecule has 33 heavy (non-hydrogen) atoms. The first-order valence-electron chi connectivity index (χ1n) is 10.1. The molecule has 1 unspecified atom stereocenters. The molecule has 8 nitrogen and oxygen atoms in total. The van der Waals surface area contributed by atoms with E-state index < -0.39 is 33.6 Å². The largest absolute Gasteiger partial charge is 0.494 e. The van der Waals surface area contributed by atoms with Gasteiger partial charge in [0.1, 0.15) is 10.8 Å². The summed E-state index contributed by atoms with van der Waals surface area (Å²) in [6.07, 6.45) is 1.17. The van der Waals surface area contributed by atoms with Crippen LogP contribution in [0.25, 0.3) is 0 Å². The van der Waals surface area contributed by atoms with Crippen molar-refractivity contribution in [1.29, 1.82) is 0 Å². The molecule has 1 aliphatic heterocycles. The molecule has 1 aromatic heterocycles. The molecule has 0 spiro atoms. The van der Waals surface area contributed by atoms with E-state index in [0.717, 1.165) is 23.5 Å². The lowest BCUT2D eigenvalue weighted by Crippen LogP contribution is -2.30. The van der Waals surface area contributed by atoms with Crippen molar-refractivity contribution in [3.8, 4) is 5.75 Å². The second kappa shape index (κ2) is 9.49. The van der Waals surface area contributed by atoms with E-state index in [9.17, 15) is 22.0 Å². The van der Waals surface area contributed by atoms with Crippen molar-refractivity contribution in [3.63, 3.8) is 0 Å². The number of aromatic nitrogens is 2. The first-order chi connectivity index (χ1) is 15.8. The van der Waals surface area contributed by atoms with Crippen molar-refractivity contribution in [3.05, 3.63) is 64.1 Å². The Bertz CT molecular complexity index is 1270. The highest BCUT2D eigenvalue weighted by Crippen LogP contribution is 2.38. The zero-order chi connectivity index (χ0) is 23.6. The van der Waals surface area contributed by atoms with Crippen LogP contribution in [0, 0.1) is 11.6 Å². The molecule has 2 aromatic carbocycles. The molecule has 1 amide bonds. The van der Waals surface area contributed by atoms with Gasteiger partial charge in [-0.3, -0.25) is 4.79 Å². The van der Waals surface area contributed by atoms with E-state index in [0.29, 0.717) is 36.8 Å². The minimum absolute atomic E-state index is 0.0138. The molecule has 2 heterocycles. The first-order valence-corrected chi connectivity index (χ1v) is 12.4. The van der Waals surface area contributed by atoms with Crippen molar-refractivity contribution in [2.24, 2.45) is 0 Å². The van der Waals surface area contributed by atoms with Gasteiger partial charge in [0.2, 0.25) is 15.0 Å². The molecule has 0 aliphatic carbocycles. The van der Waals surface area contributed by atoms with Crippen LogP contribution in [0.2, 0.25) is 0 Å². The second-order valence-corrected chi connectivity index (χ2v) is 10.1. The summed E-state index contributed by atoms with van der Waals surface area (Å²) in [5.74, 6) is -2.19. The molecule has 1 aliphatic rings. The quantitative estimate of drug-likeness (QED) is 0.533. The van der Waals surface area contributed by atoms with E-state index in [4.69, 9.17) is 4.74 Å². The number of hydrogen-bond donors (Lipinski definition) is 1. The Morgan fingerprint density at radius 3 is 2.64 bits per heavy atom. The van der Waals surface area contributed by atoms with Gasteiger partial charge in [-0.15, -0.1) is 10.2 Å². The summed E-state index contributed by atoms with van der Waals surface area (Å²) in [6, 6.07) is 8.63. The molecule has 1 saturated heterocycles. The highest BCUT2D eigenvalue weighted by Gasteiger charge is 2.38. The molecular formula is C21H20F2N4O4S2. The standard InChI is InChI=1S/C21H20F2N4O4S2/c1-2-31-14-6-8-15(9-7-14)33(29,30)27-11-3-4-18(27)20-25-26-21(32-20)19(28)24-13-5-10-16(22)17(23)12-13/h5-10,12,18H,2-4,11H2,1H3,(H,24,28). The van der Waals surface area contributed by atoms with Crippen molar-refractivity contribution < 1.29 is 26.7 Å². The Kier molecular flexibility index (Phi) is 6.68. The van der Waals surface area contributed by atoms with E-state index >= 15 is 0 Å². The second-order valence-electron chi connectivity index (χ2n) is 7.21. The number of benzene rings is 2. The number of nitrogens with zero attached hydrogens (tertiary/aromatic N) is 3. The zero-order valence-electron chi connectivity index (χ0n) is 17.5. The van der Waals surface area contributed by atoms with E-state index in [2.05, 4.69) is 15.5 Å². The number of carbonyl (C=O) groups is 1. The summed E-state index contributed by atoms with van der Waals surface area (Å²) in [4.78, 5) is 12.6. The summed E-state index contributed by atoms with van der Waals surface area (Å²) < 4.78 is 59.6. The SMILES string of the molecule is CCOc1ccc(S(=O)(=O)N2CCCC2c2nnc(C(=O)Nc3ccc(F)c(F)c3)s2)cc1. The zero-order valence-corrected chi connectivity index (χ0v) is 19.1. The Labute approximate surface area is 193 Å². The highest BCUT2D eigenvalue weighted by molar-refractivity contribution is 7.89. The van der Waals surface area contributed by atoms with Gasteiger partial charge in [0.25, 0.3) is 5.91 Å². The topological polar surface area (TPSA) is 101 Å². The average molecular weight is 495 g/mol.